The number of fused-ring (bicyclic) bond motifs is 1. The van der Waals surface area contributed by atoms with Crippen LogP contribution in [0.3, 0.4) is 0 Å². The van der Waals surface area contributed by atoms with Crippen LogP contribution in [0.5, 0.6) is 0 Å². The van der Waals surface area contributed by atoms with Gasteiger partial charge in [0.2, 0.25) is 5.91 Å². The summed E-state index contributed by atoms with van der Waals surface area (Å²) < 4.78 is 0. The second-order valence-electron chi connectivity index (χ2n) is 7.95. The van der Waals surface area contributed by atoms with Crippen LogP contribution in [-0.4, -0.2) is 45.8 Å². The van der Waals surface area contributed by atoms with Gasteiger partial charge in [-0.2, -0.15) is 0 Å². The van der Waals surface area contributed by atoms with Crippen molar-refractivity contribution in [3.63, 3.8) is 0 Å². The standard InChI is InChI=1S/C22H28N4O/c1-16-6-8-17(9-7-16)13-21(27)26-11-4-3-5-20(26)22-23-14-18-15-25(2)12-10-19(18)24-22/h6-9,14,20H,3-5,10-13,15H2,1-2H3/t20-/m0/s1. The highest BCUT2D eigenvalue weighted by atomic mass is 16.2. The van der Waals surface area contributed by atoms with E-state index >= 15 is 0 Å². The van der Waals surface area contributed by atoms with Gasteiger partial charge in [0.05, 0.1) is 12.5 Å². The number of benzene rings is 1. The first kappa shape index (κ1) is 18.1. The second kappa shape index (κ2) is 7.77. The number of likely N-dealkylation sites (tertiary alicyclic amines) is 1. The zero-order valence-electron chi connectivity index (χ0n) is 16.3. The van der Waals surface area contributed by atoms with Crippen molar-refractivity contribution < 1.29 is 4.79 Å². The van der Waals surface area contributed by atoms with E-state index in [1.807, 2.05) is 11.1 Å². The minimum absolute atomic E-state index is 0.0154. The van der Waals surface area contributed by atoms with Gasteiger partial charge in [-0.3, -0.25) is 4.79 Å². The van der Waals surface area contributed by atoms with Crippen LogP contribution in [-0.2, 0) is 24.2 Å². The van der Waals surface area contributed by atoms with E-state index in [-0.39, 0.29) is 11.9 Å². The summed E-state index contributed by atoms with van der Waals surface area (Å²) in [4.78, 5) is 26.9. The van der Waals surface area contributed by atoms with E-state index in [1.165, 1.54) is 11.1 Å². The molecular weight excluding hydrogens is 336 g/mol. The van der Waals surface area contributed by atoms with Gasteiger partial charge in [0, 0.05) is 43.5 Å². The van der Waals surface area contributed by atoms with E-state index < -0.39 is 0 Å². The number of nitrogens with zero attached hydrogens (tertiary/aromatic N) is 4. The molecule has 5 nitrogen and oxygen atoms in total. The number of carbonyl (C=O) groups is 1. The van der Waals surface area contributed by atoms with Crippen LogP contribution in [0.2, 0.25) is 0 Å². The fourth-order valence-electron chi connectivity index (χ4n) is 4.11. The first-order valence-corrected chi connectivity index (χ1v) is 9.98. The zero-order chi connectivity index (χ0) is 18.8. The Bertz CT molecular complexity index is 818. The summed E-state index contributed by atoms with van der Waals surface area (Å²) in [5.41, 5.74) is 4.68. The average Bonchev–Trinajstić information content (AvgIpc) is 2.69. The first-order valence-electron chi connectivity index (χ1n) is 9.98. The lowest BCUT2D eigenvalue weighted by molar-refractivity contribution is -0.134. The first-order chi connectivity index (χ1) is 13.1. The Kier molecular flexibility index (Phi) is 5.21. The molecule has 0 spiro atoms. The quantitative estimate of drug-likeness (QED) is 0.840. The van der Waals surface area contributed by atoms with Crippen LogP contribution < -0.4 is 0 Å². The van der Waals surface area contributed by atoms with Crippen LogP contribution in [0.1, 0.15) is 53.5 Å². The molecule has 2 aliphatic rings. The van der Waals surface area contributed by atoms with E-state index in [0.29, 0.717) is 6.42 Å². The molecule has 27 heavy (non-hydrogen) atoms. The summed E-state index contributed by atoms with van der Waals surface area (Å²) >= 11 is 0. The van der Waals surface area contributed by atoms with Crippen molar-refractivity contribution in [2.75, 3.05) is 20.1 Å². The molecule has 1 fully saturated rings. The fraction of sp³-hybridized carbons (Fsp3) is 0.500. The van der Waals surface area contributed by atoms with Crippen LogP contribution >= 0.6 is 0 Å². The Morgan fingerprint density at radius 1 is 1.19 bits per heavy atom. The van der Waals surface area contributed by atoms with Gasteiger partial charge in [-0.05, 0) is 38.8 Å². The Balaban J connectivity index is 1.53. The minimum Gasteiger partial charge on any atom is -0.332 e. The van der Waals surface area contributed by atoms with Crippen LogP contribution in [0.15, 0.2) is 30.5 Å². The van der Waals surface area contributed by atoms with Crippen molar-refractivity contribution in [3.05, 3.63) is 58.7 Å². The molecule has 0 radical (unpaired) electrons. The molecule has 5 heteroatoms. The summed E-state index contributed by atoms with van der Waals surface area (Å²) in [6.45, 7) is 4.82. The minimum atomic E-state index is 0.0154. The predicted octanol–water partition coefficient (Wildman–Crippen LogP) is 3.07. The number of likely N-dealkylation sites (N-methyl/N-ethyl adjacent to an activating group) is 1. The average molecular weight is 364 g/mol. The highest BCUT2D eigenvalue weighted by Gasteiger charge is 2.30. The van der Waals surface area contributed by atoms with Gasteiger partial charge >= 0.3 is 0 Å². The molecule has 1 amide bonds. The molecule has 2 aliphatic heterocycles. The van der Waals surface area contributed by atoms with Crippen molar-refractivity contribution in [3.8, 4) is 0 Å². The highest BCUT2D eigenvalue weighted by molar-refractivity contribution is 5.79. The molecule has 4 rings (SSSR count). The topological polar surface area (TPSA) is 49.3 Å². The molecular formula is C22H28N4O. The number of hydrogen-bond acceptors (Lipinski definition) is 4. The van der Waals surface area contributed by atoms with E-state index in [1.54, 1.807) is 0 Å². The van der Waals surface area contributed by atoms with Gasteiger partial charge in [0.1, 0.15) is 0 Å². The number of piperidine rings is 1. The number of aromatic nitrogens is 2. The van der Waals surface area contributed by atoms with Crippen molar-refractivity contribution in [2.45, 2.75) is 51.6 Å². The predicted molar refractivity (Wildman–Crippen MR) is 105 cm³/mol. The van der Waals surface area contributed by atoms with Crippen molar-refractivity contribution >= 4 is 5.91 Å². The molecule has 0 N–H and O–H groups in total. The largest absolute Gasteiger partial charge is 0.332 e. The number of carbonyl (C=O) groups excluding carboxylic acids is 1. The van der Waals surface area contributed by atoms with Gasteiger partial charge in [-0.1, -0.05) is 29.8 Å². The molecule has 0 aliphatic carbocycles. The number of aryl methyl sites for hydroxylation is 1. The third-order valence-electron chi connectivity index (χ3n) is 5.74. The van der Waals surface area contributed by atoms with E-state index in [2.05, 4.69) is 48.1 Å². The van der Waals surface area contributed by atoms with Gasteiger partial charge in [-0.25, -0.2) is 9.97 Å². The fourth-order valence-corrected chi connectivity index (χ4v) is 4.11. The number of hydrogen-bond donors (Lipinski definition) is 0. The molecule has 1 atom stereocenters. The summed E-state index contributed by atoms with van der Waals surface area (Å²) in [6.07, 6.45) is 6.54. The van der Waals surface area contributed by atoms with Crippen LogP contribution in [0.25, 0.3) is 0 Å². The molecule has 0 saturated carbocycles. The molecule has 1 aromatic heterocycles. The van der Waals surface area contributed by atoms with E-state index in [9.17, 15) is 4.79 Å². The molecule has 1 aromatic carbocycles. The summed E-state index contributed by atoms with van der Waals surface area (Å²) in [6, 6.07) is 8.26. The van der Waals surface area contributed by atoms with Crippen LogP contribution in [0, 0.1) is 6.92 Å². The highest BCUT2D eigenvalue weighted by Crippen LogP contribution is 2.30. The Labute approximate surface area is 161 Å². The van der Waals surface area contributed by atoms with Crippen molar-refractivity contribution in [1.29, 1.82) is 0 Å². The monoisotopic (exact) mass is 364 g/mol. The molecule has 2 aromatic rings. The maximum absolute atomic E-state index is 13.0. The lowest BCUT2D eigenvalue weighted by Gasteiger charge is -2.35. The molecule has 142 valence electrons. The van der Waals surface area contributed by atoms with E-state index in [0.717, 1.165) is 62.4 Å². The summed E-state index contributed by atoms with van der Waals surface area (Å²) in [5.74, 6) is 1.01. The maximum atomic E-state index is 13.0. The molecule has 0 bridgehead atoms. The SMILES string of the molecule is Cc1ccc(CC(=O)N2CCCC[C@H]2c2ncc3c(n2)CCN(C)C3)cc1. The molecule has 0 unspecified atom stereocenters. The molecule has 1 saturated heterocycles. The van der Waals surface area contributed by atoms with Gasteiger partial charge in [-0.15, -0.1) is 0 Å². The van der Waals surface area contributed by atoms with Gasteiger partial charge in [0.25, 0.3) is 0 Å². The van der Waals surface area contributed by atoms with Gasteiger partial charge in [0.15, 0.2) is 5.82 Å². The summed E-state index contributed by atoms with van der Waals surface area (Å²) in [7, 11) is 2.13. The number of amides is 1. The molecule has 3 heterocycles. The summed E-state index contributed by atoms with van der Waals surface area (Å²) in [5, 5.41) is 0. The van der Waals surface area contributed by atoms with Crippen molar-refractivity contribution in [2.24, 2.45) is 0 Å². The maximum Gasteiger partial charge on any atom is 0.227 e. The lowest BCUT2D eigenvalue weighted by Crippen LogP contribution is -2.40. The van der Waals surface area contributed by atoms with E-state index in [4.69, 9.17) is 4.98 Å². The second-order valence-corrected chi connectivity index (χ2v) is 7.95. The van der Waals surface area contributed by atoms with Crippen molar-refractivity contribution in [1.82, 2.24) is 19.8 Å². The third-order valence-corrected chi connectivity index (χ3v) is 5.74. The Morgan fingerprint density at radius 2 is 2.00 bits per heavy atom. The smallest absolute Gasteiger partial charge is 0.227 e. The van der Waals surface area contributed by atoms with Crippen LogP contribution in [0.4, 0.5) is 0 Å². The normalized spacial score (nSPS) is 20.4. The zero-order valence-corrected chi connectivity index (χ0v) is 16.3. The lowest BCUT2D eigenvalue weighted by atomic mass is 9.99. The Hall–Kier alpha value is -2.27. The Morgan fingerprint density at radius 3 is 2.81 bits per heavy atom. The van der Waals surface area contributed by atoms with Gasteiger partial charge < -0.3 is 9.80 Å². The third kappa shape index (κ3) is 4.03. The number of rotatable bonds is 3.